The Labute approximate surface area is 152 Å². The lowest BCUT2D eigenvalue weighted by Crippen LogP contribution is -2.48. The zero-order valence-corrected chi connectivity index (χ0v) is 15.5. The maximum atomic E-state index is 13.2. The van der Waals surface area contributed by atoms with Crippen LogP contribution in [0.3, 0.4) is 0 Å². The third-order valence-corrected chi connectivity index (χ3v) is 6.72. The number of nitrogens with zero attached hydrogens (tertiary/aromatic N) is 2. The number of rotatable bonds is 4. The molecule has 0 unspecified atom stereocenters. The molecular formula is C18H20ClFN2O2S. The first-order chi connectivity index (χ1) is 11.9. The summed E-state index contributed by atoms with van der Waals surface area (Å²) in [7, 11) is -3.59. The highest BCUT2D eigenvalue weighted by molar-refractivity contribution is 7.89. The number of benzene rings is 2. The van der Waals surface area contributed by atoms with Crippen molar-refractivity contribution in [2.75, 3.05) is 26.2 Å². The highest BCUT2D eigenvalue weighted by Crippen LogP contribution is 2.22. The number of aryl methyl sites for hydroxylation is 1. The standard InChI is InChI=1S/C18H20ClFN2O2S/c1-14-12-17(20)6-7-18(14)25(23,24)22-10-8-21(9-11-22)13-15-2-4-16(19)5-3-15/h2-7,12H,8-11,13H2,1H3. The van der Waals surface area contributed by atoms with Gasteiger partial charge in [-0.15, -0.1) is 0 Å². The molecule has 1 heterocycles. The fourth-order valence-corrected chi connectivity index (χ4v) is 4.77. The summed E-state index contributed by atoms with van der Waals surface area (Å²) in [5.74, 6) is -0.427. The molecule has 1 fully saturated rings. The molecule has 4 nitrogen and oxygen atoms in total. The largest absolute Gasteiger partial charge is 0.296 e. The maximum Gasteiger partial charge on any atom is 0.243 e. The molecule has 0 saturated carbocycles. The number of hydrogen-bond acceptors (Lipinski definition) is 3. The van der Waals surface area contributed by atoms with Crippen molar-refractivity contribution in [1.29, 1.82) is 0 Å². The third-order valence-electron chi connectivity index (χ3n) is 4.41. The Hall–Kier alpha value is -1.47. The molecule has 0 N–H and O–H groups in total. The van der Waals surface area contributed by atoms with Crippen molar-refractivity contribution in [2.45, 2.75) is 18.4 Å². The van der Waals surface area contributed by atoms with E-state index in [2.05, 4.69) is 4.90 Å². The van der Waals surface area contributed by atoms with Crippen molar-refractivity contribution >= 4 is 21.6 Å². The van der Waals surface area contributed by atoms with E-state index in [4.69, 9.17) is 11.6 Å². The molecule has 3 rings (SSSR count). The van der Waals surface area contributed by atoms with Crippen LogP contribution in [0.5, 0.6) is 0 Å². The normalized spacial score (nSPS) is 16.9. The van der Waals surface area contributed by atoms with Crippen molar-refractivity contribution in [2.24, 2.45) is 0 Å². The Kier molecular flexibility index (Phi) is 5.43. The van der Waals surface area contributed by atoms with Crippen LogP contribution in [-0.2, 0) is 16.6 Å². The summed E-state index contributed by atoms with van der Waals surface area (Å²) in [5.41, 5.74) is 1.58. The molecule has 0 radical (unpaired) electrons. The molecule has 1 aliphatic rings. The fourth-order valence-electron chi connectivity index (χ4n) is 3.02. The molecule has 134 valence electrons. The topological polar surface area (TPSA) is 40.6 Å². The number of halogens is 2. The van der Waals surface area contributed by atoms with Crippen LogP contribution in [0.4, 0.5) is 4.39 Å². The van der Waals surface area contributed by atoms with Gasteiger partial charge in [0.05, 0.1) is 4.90 Å². The SMILES string of the molecule is Cc1cc(F)ccc1S(=O)(=O)N1CCN(Cc2ccc(Cl)cc2)CC1. The molecule has 1 aliphatic heterocycles. The molecule has 7 heteroatoms. The van der Waals surface area contributed by atoms with Gasteiger partial charge >= 0.3 is 0 Å². The molecule has 25 heavy (non-hydrogen) atoms. The van der Waals surface area contributed by atoms with Crippen molar-refractivity contribution in [1.82, 2.24) is 9.21 Å². The zero-order chi connectivity index (χ0) is 18.0. The first-order valence-corrected chi connectivity index (χ1v) is 9.91. The second kappa shape index (κ2) is 7.41. The Bertz CT molecular complexity index is 848. The van der Waals surface area contributed by atoms with Gasteiger partial charge in [-0.3, -0.25) is 4.90 Å². The highest BCUT2D eigenvalue weighted by atomic mass is 35.5. The predicted octanol–water partition coefficient (Wildman–Crippen LogP) is 3.29. The third kappa shape index (κ3) is 4.20. The average Bonchev–Trinajstić information content (AvgIpc) is 2.57. The smallest absolute Gasteiger partial charge is 0.243 e. The first-order valence-electron chi connectivity index (χ1n) is 8.09. The minimum absolute atomic E-state index is 0.181. The van der Waals surface area contributed by atoms with Crippen LogP contribution in [0, 0.1) is 12.7 Å². The molecule has 0 amide bonds. The molecule has 0 atom stereocenters. The average molecular weight is 383 g/mol. The lowest BCUT2D eigenvalue weighted by molar-refractivity contribution is 0.181. The summed E-state index contributed by atoms with van der Waals surface area (Å²) < 4.78 is 40.3. The van der Waals surface area contributed by atoms with E-state index in [-0.39, 0.29) is 4.90 Å². The van der Waals surface area contributed by atoms with Gasteiger partial charge < -0.3 is 0 Å². The Morgan fingerprint density at radius 1 is 1.04 bits per heavy atom. The van der Waals surface area contributed by atoms with E-state index in [9.17, 15) is 12.8 Å². The van der Waals surface area contributed by atoms with Gasteiger partial charge in [0, 0.05) is 37.7 Å². The van der Waals surface area contributed by atoms with Crippen LogP contribution in [0.2, 0.25) is 5.02 Å². The van der Waals surface area contributed by atoms with Crippen LogP contribution >= 0.6 is 11.6 Å². The summed E-state index contributed by atoms with van der Waals surface area (Å²) in [5, 5.41) is 0.703. The van der Waals surface area contributed by atoms with Crippen molar-refractivity contribution < 1.29 is 12.8 Å². The van der Waals surface area contributed by atoms with Gasteiger partial charge in [0.2, 0.25) is 10.0 Å². The van der Waals surface area contributed by atoms with Crippen LogP contribution in [0.15, 0.2) is 47.4 Å². The highest BCUT2D eigenvalue weighted by Gasteiger charge is 2.29. The van der Waals surface area contributed by atoms with Gasteiger partial charge in [-0.1, -0.05) is 23.7 Å². The Balaban J connectivity index is 1.66. The van der Waals surface area contributed by atoms with Crippen LogP contribution < -0.4 is 0 Å². The van der Waals surface area contributed by atoms with Crippen molar-refractivity contribution in [3.8, 4) is 0 Å². The van der Waals surface area contributed by atoms with Gasteiger partial charge in [-0.2, -0.15) is 4.31 Å². The molecule has 0 aromatic heterocycles. The molecular weight excluding hydrogens is 363 g/mol. The van der Waals surface area contributed by atoms with Gasteiger partial charge in [-0.25, -0.2) is 12.8 Å². The van der Waals surface area contributed by atoms with Gasteiger partial charge in [0.25, 0.3) is 0 Å². The van der Waals surface area contributed by atoms with Crippen LogP contribution in [-0.4, -0.2) is 43.8 Å². The minimum atomic E-state index is -3.59. The molecule has 2 aromatic rings. The fraction of sp³-hybridized carbons (Fsp3) is 0.333. The molecule has 0 bridgehead atoms. The van der Waals surface area contributed by atoms with E-state index in [0.717, 1.165) is 12.1 Å². The van der Waals surface area contributed by atoms with Gasteiger partial charge in [-0.05, 0) is 48.4 Å². The maximum absolute atomic E-state index is 13.2. The number of hydrogen-bond donors (Lipinski definition) is 0. The van der Waals surface area contributed by atoms with Crippen LogP contribution in [0.1, 0.15) is 11.1 Å². The van der Waals surface area contributed by atoms with E-state index >= 15 is 0 Å². The van der Waals surface area contributed by atoms with Gasteiger partial charge in [0.1, 0.15) is 5.82 Å². The summed E-state index contributed by atoms with van der Waals surface area (Å²) >= 11 is 5.89. The molecule has 0 spiro atoms. The molecule has 0 aliphatic carbocycles. The minimum Gasteiger partial charge on any atom is -0.296 e. The second-order valence-corrected chi connectivity index (χ2v) is 8.56. The van der Waals surface area contributed by atoms with Crippen molar-refractivity contribution in [3.63, 3.8) is 0 Å². The van der Waals surface area contributed by atoms with E-state index in [1.165, 1.54) is 22.5 Å². The quantitative estimate of drug-likeness (QED) is 0.814. The lowest BCUT2D eigenvalue weighted by atomic mass is 10.2. The zero-order valence-electron chi connectivity index (χ0n) is 14.0. The monoisotopic (exact) mass is 382 g/mol. The van der Waals surface area contributed by atoms with E-state index in [1.807, 2.05) is 24.3 Å². The summed E-state index contributed by atoms with van der Waals surface area (Å²) in [6.07, 6.45) is 0. The summed E-state index contributed by atoms with van der Waals surface area (Å²) in [6, 6.07) is 11.5. The van der Waals surface area contributed by atoms with Crippen molar-refractivity contribution in [3.05, 3.63) is 64.4 Å². The lowest BCUT2D eigenvalue weighted by Gasteiger charge is -2.34. The molecule has 1 saturated heterocycles. The van der Waals surface area contributed by atoms with E-state index in [0.29, 0.717) is 36.8 Å². The van der Waals surface area contributed by atoms with E-state index < -0.39 is 15.8 Å². The first kappa shape index (κ1) is 18.3. The number of piperazine rings is 1. The van der Waals surface area contributed by atoms with Crippen LogP contribution in [0.25, 0.3) is 0 Å². The second-order valence-electron chi connectivity index (χ2n) is 6.22. The summed E-state index contributed by atoms with van der Waals surface area (Å²) in [6.45, 7) is 4.54. The molecule has 2 aromatic carbocycles. The number of sulfonamides is 1. The predicted molar refractivity (Wildman–Crippen MR) is 96.6 cm³/mol. The summed E-state index contributed by atoms with van der Waals surface area (Å²) in [4.78, 5) is 2.40. The Morgan fingerprint density at radius 2 is 1.68 bits per heavy atom. The van der Waals surface area contributed by atoms with Gasteiger partial charge in [0.15, 0.2) is 0 Å². The Morgan fingerprint density at radius 3 is 2.28 bits per heavy atom. The van der Waals surface area contributed by atoms with E-state index in [1.54, 1.807) is 6.92 Å².